The minimum absolute atomic E-state index is 0.224. The van der Waals surface area contributed by atoms with Crippen LogP contribution in [0.3, 0.4) is 0 Å². The minimum Gasteiger partial charge on any atom is -0.295 e. The molecule has 0 fully saturated rings. The van der Waals surface area contributed by atoms with Gasteiger partial charge in [0.05, 0.1) is 4.47 Å². The Balaban J connectivity index is 2.13. The lowest BCUT2D eigenvalue weighted by Gasteiger charge is -2.25. The molecule has 4 heteroatoms. The first kappa shape index (κ1) is 15.5. The van der Waals surface area contributed by atoms with E-state index in [9.17, 15) is 4.39 Å². The third kappa shape index (κ3) is 3.60. The summed E-state index contributed by atoms with van der Waals surface area (Å²) in [4.78, 5) is 2.17. The quantitative estimate of drug-likeness (QED) is 0.705. The number of hydrogen-bond donors (Lipinski definition) is 0. The van der Waals surface area contributed by atoms with Gasteiger partial charge in [0.15, 0.2) is 0 Å². The largest absolute Gasteiger partial charge is 0.295 e. The second-order valence-electron chi connectivity index (χ2n) is 4.86. The van der Waals surface area contributed by atoms with Gasteiger partial charge in [0.25, 0.3) is 0 Å². The molecule has 0 radical (unpaired) electrons. The zero-order valence-electron chi connectivity index (χ0n) is 11.4. The average molecular weight is 357 g/mol. The summed E-state index contributed by atoms with van der Waals surface area (Å²) >= 11 is 9.21. The highest BCUT2D eigenvalue weighted by molar-refractivity contribution is 9.10. The van der Waals surface area contributed by atoms with E-state index in [0.29, 0.717) is 11.0 Å². The molecule has 1 atom stereocenters. The van der Waals surface area contributed by atoms with Crippen LogP contribution in [0.1, 0.15) is 24.1 Å². The lowest BCUT2D eigenvalue weighted by atomic mass is 10.1. The van der Waals surface area contributed by atoms with Crippen molar-refractivity contribution in [2.75, 3.05) is 7.05 Å². The second kappa shape index (κ2) is 6.70. The monoisotopic (exact) mass is 355 g/mol. The van der Waals surface area contributed by atoms with Gasteiger partial charge in [-0.2, -0.15) is 0 Å². The van der Waals surface area contributed by atoms with Crippen LogP contribution in [0.25, 0.3) is 0 Å². The summed E-state index contributed by atoms with van der Waals surface area (Å²) in [6.45, 7) is 2.79. The van der Waals surface area contributed by atoms with E-state index in [1.54, 1.807) is 6.07 Å². The second-order valence-corrected chi connectivity index (χ2v) is 6.09. The van der Waals surface area contributed by atoms with Crippen LogP contribution in [0.2, 0.25) is 5.02 Å². The first-order chi connectivity index (χ1) is 9.49. The molecule has 20 heavy (non-hydrogen) atoms. The number of nitrogens with zero attached hydrogens (tertiary/aromatic N) is 1. The van der Waals surface area contributed by atoms with Crippen LogP contribution in [0.5, 0.6) is 0 Å². The first-order valence-corrected chi connectivity index (χ1v) is 7.54. The fourth-order valence-corrected chi connectivity index (χ4v) is 2.59. The zero-order chi connectivity index (χ0) is 14.7. The Hall–Kier alpha value is -0.900. The lowest BCUT2D eigenvalue weighted by Crippen LogP contribution is -2.22. The average Bonchev–Trinajstić information content (AvgIpc) is 2.44. The normalized spacial score (nSPS) is 12.7. The first-order valence-electron chi connectivity index (χ1n) is 6.37. The molecule has 1 nitrogen and oxygen atoms in total. The van der Waals surface area contributed by atoms with Gasteiger partial charge in [0.2, 0.25) is 0 Å². The van der Waals surface area contributed by atoms with Gasteiger partial charge < -0.3 is 0 Å². The molecule has 0 saturated carbocycles. The Labute approximate surface area is 132 Å². The molecule has 2 aromatic rings. The van der Waals surface area contributed by atoms with Crippen LogP contribution in [0.15, 0.2) is 46.9 Å². The molecule has 0 aromatic heterocycles. The molecule has 0 aliphatic carbocycles. The summed E-state index contributed by atoms with van der Waals surface area (Å²) in [5.74, 6) is -0.227. The summed E-state index contributed by atoms with van der Waals surface area (Å²) in [5.41, 5.74) is 2.12. The SMILES string of the molecule is CC(c1ccc(Cl)cc1)N(C)Cc1cccc(F)c1Br. The molecular weight excluding hydrogens is 341 g/mol. The third-order valence-electron chi connectivity index (χ3n) is 3.46. The predicted octanol–water partition coefficient (Wildman–Crippen LogP) is 5.43. The molecule has 0 bridgehead atoms. The molecule has 0 spiro atoms. The molecule has 106 valence electrons. The van der Waals surface area contributed by atoms with Crippen molar-refractivity contribution < 1.29 is 4.39 Å². The van der Waals surface area contributed by atoms with Crippen molar-refractivity contribution in [2.24, 2.45) is 0 Å². The number of halogens is 3. The third-order valence-corrected chi connectivity index (χ3v) is 4.60. The van der Waals surface area contributed by atoms with Crippen molar-refractivity contribution in [2.45, 2.75) is 19.5 Å². The maximum absolute atomic E-state index is 13.5. The fourth-order valence-electron chi connectivity index (χ4n) is 2.07. The van der Waals surface area contributed by atoms with Crippen LogP contribution >= 0.6 is 27.5 Å². The standard InChI is InChI=1S/C16H16BrClFN/c1-11(12-6-8-14(18)9-7-12)20(2)10-13-4-3-5-15(19)16(13)17/h3-9,11H,10H2,1-2H3. The van der Waals surface area contributed by atoms with E-state index in [-0.39, 0.29) is 11.9 Å². The van der Waals surface area contributed by atoms with E-state index in [4.69, 9.17) is 11.6 Å². The highest BCUT2D eigenvalue weighted by atomic mass is 79.9. The molecule has 0 saturated heterocycles. The molecule has 0 aliphatic rings. The summed E-state index contributed by atoms with van der Waals surface area (Å²) in [5, 5.41) is 0.733. The predicted molar refractivity (Wildman–Crippen MR) is 85.4 cm³/mol. The fraction of sp³-hybridized carbons (Fsp3) is 0.250. The van der Waals surface area contributed by atoms with Crippen molar-refractivity contribution in [3.63, 3.8) is 0 Å². The van der Waals surface area contributed by atoms with Gasteiger partial charge in [-0.25, -0.2) is 4.39 Å². The highest BCUT2D eigenvalue weighted by Gasteiger charge is 2.14. The molecule has 1 unspecified atom stereocenters. The minimum atomic E-state index is -0.227. The topological polar surface area (TPSA) is 3.24 Å². The van der Waals surface area contributed by atoms with Crippen LogP contribution < -0.4 is 0 Å². The molecule has 2 rings (SSSR count). The van der Waals surface area contributed by atoms with Gasteiger partial charge in [-0.05, 0) is 59.2 Å². The van der Waals surface area contributed by atoms with E-state index in [0.717, 1.165) is 10.6 Å². The molecule has 0 heterocycles. The van der Waals surface area contributed by atoms with Crippen molar-refractivity contribution in [3.8, 4) is 0 Å². The summed E-state index contributed by atoms with van der Waals surface area (Å²) in [6.07, 6.45) is 0. The Kier molecular flexibility index (Phi) is 5.19. The highest BCUT2D eigenvalue weighted by Crippen LogP contribution is 2.26. The summed E-state index contributed by atoms with van der Waals surface area (Å²) in [6, 6.07) is 13.2. The van der Waals surface area contributed by atoms with Crippen molar-refractivity contribution in [1.29, 1.82) is 0 Å². The smallest absolute Gasteiger partial charge is 0.137 e. The maximum atomic E-state index is 13.5. The Morgan fingerprint density at radius 3 is 2.50 bits per heavy atom. The van der Waals surface area contributed by atoms with Gasteiger partial charge >= 0.3 is 0 Å². The maximum Gasteiger partial charge on any atom is 0.137 e. The number of hydrogen-bond acceptors (Lipinski definition) is 1. The molecule has 0 aliphatic heterocycles. The van der Waals surface area contributed by atoms with Crippen LogP contribution in [0.4, 0.5) is 4.39 Å². The number of benzene rings is 2. The van der Waals surface area contributed by atoms with Gasteiger partial charge in [-0.3, -0.25) is 4.90 Å². The zero-order valence-corrected chi connectivity index (χ0v) is 13.7. The van der Waals surface area contributed by atoms with Crippen molar-refractivity contribution in [1.82, 2.24) is 4.90 Å². The Morgan fingerprint density at radius 1 is 1.20 bits per heavy atom. The van der Waals surface area contributed by atoms with Gasteiger partial charge in [0.1, 0.15) is 5.82 Å². The Bertz CT molecular complexity index is 586. The van der Waals surface area contributed by atoms with Crippen LogP contribution in [0, 0.1) is 5.82 Å². The van der Waals surface area contributed by atoms with E-state index in [1.807, 2.05) is 37.4 Å². The molecule has 2 aromatic carbocycles. The summed E-state index contributed by atoms with van der Waals surface area (Å²) < 4.78 is 14.1. The van der Waals surface area contributed by atoms with Crippen LogP contribution in [-0.4, -0.2) is 11.9 Å². The van der Waals surface area contributed by atoms with Crippen molar-refractivity contribution >= 4 is 27.5 Å². The van der Waals surface area contributed by atoms with E-state index in [2.05, 4.69) is 27.8 Å². The summed E-state index contributed by atoms with van der Waals surface area (Å²) in [7, 11) is 2.02. The van der Waals surface area contributed by atoms with Crippen LogP contribution in [-0.2, 0) is 6.54 Å². The molecular formula is C16H16BrClFN. The van der Waals surface area contributed by atoms with Gasteiger partial charge in [0, 0.05) is 17.6 Å². The lowest BCUT2D eigenvalue weighted by molar-refractivity contribution is 0.252. The number of rotatable bonds is 4. The molecule has 0 N–H and O–H groups in total. The Morgan fingerprint density at radius 2 is 1.85 bits per heavy atom. The van der Waals surface area contributed by atoms with Gasteiger partial charge in [-0.1, -0.05) is 35.9 Å². The molecule has 0 amide bonds. The van der Waals surface area contributed by atoms with E-state index >= 15 is 0 Å². The van der Waals surface area contributed by atoms with E-state index in [1.165, 1.54) is 11.6 Å². The van der Waals surface area contributed by atoms with Crippen molar-refractivity contribution in [3.05, 3.63) is 68.9 Å². The van der Waals surface area contributed by atoms with Gasteiger partial charge in [-0.15, -0.1) is 0 Å². The van der Waals surface area contributed by atoms with E-state index < -0.39 is 0 Å².